The van der Waals surface area contributed by atoms with Crippen molar-refractivity contribution in [1.29, 1.82) is 0 Å². The number of hydrogen-bond donors (Lipinski definition) is 0. The van der Waals surface area contributed by atoms with Crippen LogP contribution in [0.15, 0.2) is 11.6 Å². The maximum Gasteiger partial charge on any atom is 0.155 e. The van der Waals surface area contributed by atoms with E-state index in [1.165, 1.54) is 6.29 Å². The van der Waals surface area contributed by atoms with Crippen LogP contribution in [0.5, 0.6) is 0 Å². The van der Waals surface area contributed by atoms with E-state index in [1.807, 2.05) is 0 Å². The predicted octanol–water partition coefficient (Wildman–Crippen LogP) is 3.51. The Balaban J connectivity index is 1.78. The van der Waals surface area contributed by atoms with Crippen molar-refractivity contribution in [2.45, 2.75) is 58.8 Å². The SMILES string of the molecule is C[C@H]1CC(=O)C=C2CC[C@@H]3[C@H](CC[C@]4(C)C(=O)CC[C@@H]34)[C@]21C=O. The van der Waals surface area contributed by atoms with Gasteiger partial charge < -0.3 is 4.79 Å². The standard InChI is InChI=1S/C20H26O3/c1-12-9-14(22)10-13-3-4-15-16-5-6-18(23)19(16,2)8-7-17(15)20(12,13)11-21/h10-12,15-17H,3-9H2,1-2H3/t12-,15-,16-,17-,19-,20-/m0/s1. The van der Waals surface area contributed by atoms with E-state index in [9.17, 15) is 14.4 Å². The molecule has 0 spiro atoms. The van der Waals surface area contributed by atoms with Crippen LogP contribution in [0.2, 0.25) is 0 Å². The lowest BCUT2D eigenvalue weighted by Crippen LogP contribution is -2.55. The number of fused-ring (bicyclic) bond motifs is 5. The first kappa shape index (κ1) is 15.3. The maximum atomic E-state index is 12.4. The minimum Gasteiger partial charge on any atom is -0.302 e. The Morgan fingerprint density at radius 3 is 2.65 bits per heavy atom. The van der Waals surface area contributed by atoms with Crippen molar-refractivity contribution in [2.75, 3.05) is 0 Å². The van der Waals surface area contributed by atoms with Gasteiger partial charge in [0.15, 0.2) is 5.78 Å². The highest BCUT2D eigenvalue weighted by molar-refractivity contribution is 5.94. The van der Waals surface area contributed by atoms with Gasteiger partial charge in [0.05, 0.1) is 5.41 Å². The van der Waals surface area contributed by atoms with E-state index in [2.05, 4.69) is 13.8 Å². The van der Waals surface area contributed by atoms with Crippen molar-refractivity contribution in [1.82, 2.24) is 0 Å². The van der Waals surface area contributed by atoms with Crippen LogP contribution in [0.25, 0.3) is 0 Å². The van der Waals surface area contributed by atoms with Gasteiger partial charge in [-0.25, -0.2) is 0 Å². The van der Waals surface area contributed by atoms with Crippen LogP contribution in [0.3, 0.4) is 0 Å². The molecular weight excluding hydrogens is 288 g/mol. The van der Waals surface area contributed by atoms with Crippen LogP contribution in [-0.2, 0) is 14.4 Å². The van der Waals surface area contributed by atoms with E-state index < -0.39 is 5.41 Å². The zero-order chi connectivity index (χ0) is 16.4. The number of carbonyl (C=O) groups is 3. The Kier molecular flexibility index (Phi) is 3.24. The molecule has 6 atom stereocenters. The molecule has 0 aromatic heterocycles. The average molecular weight is 314 g/mol. The molecule has 0 aromatic rings. The molecule has 4 rings (SSSR count). The van der Waals surface area contributed by atoms with Crippen molar-refractivity contribution in [3.63, 3.8) is 0 Å². The quantitative estimate of drug-likeness (QED) is 0.696. The number of carbonyl (C=O) groups excluding carboxylic acids is 3. The van der Waals surface area contributed by atoms with E-state index in [0.29, 0.717) is 30.0 Å². The van der Waals surface area contributed by atoms with Gasteiger partial charge in [-0.3, -0.25) is 9.59 Å². The molecule has 0 amide bonds. The number of rotatable bonds is 1. The largest absolute Gasteiger partial charge is 0.302 e. The summed E-state index contributed by atoms with van der Waals surface area (Å²) in [5.74, 6) is 1.96. The molecule has 0 aromatic carbocycles. The second-order valence-corrected chi connectivity index (χ2v) is 8.63. The van der Waals surface area contributed by atoms with Crippen LogP contribution in [0, 0.1) is 34.5 Å². The Labute approximate surface area is 137 Å². The summed E-state index contributed by atoms with van der Waals surface area (Å²) in [6.07, 6.45) is 8.93. The highest BCUT2D eigenvalue weighted by Gasteiger charge is 2.61. The highest BCUT2D eigenvalue weighted by atomic mass is 16.1. The molecule has 0 saturated heterocycles. The van der Waals surface area contributed by atoms with Crippen LogP contribution < -0.4 is 0 Å². The van der Waals surface area contributed by atoms with Gasteiger partial charge in [0.2, 0.25) is 0 Å². The number of allylic oxidation sites excluding steroid dienone is 1. The summed E-state index contributed by atoms with van der Waals surface area (Å²) in [6, 6.07) is 0. The molecule has 0 N–H and O–H groups in total. The normalized spacial score (nSPS) is 49.0. The molecule has 0 radical (unpaired) electrons. The third kappa shape index (κ3) is 1.79. The second-order valence-electron chi connectivity index (χ2n) is 8.63. The summed E-state index contributed by atoms with van der Waals surface area (Å²) in [7, 11) is 0. The second kappa shape index (κ2) is 4.87. The van der Waals surface area contributed by atoms with Gasteiger partial charge in [0.1, 0.15) is 12.1 Å². The molecular formula is C20H26O3. The van der Waals surface area contributed by atoms with Crippen molar-refractivity contribution >= 4 is 17.9 Å². The predicted molar refractivity (Wildman–Crippen MR) is 86.7 cm³/mol. The van der Waals surface area contributed by atoms with Crippen LogP contribution >= 0.6 is 0 Å². The van der Waals surface area contributed by atoms with Gasteiger partial charge in [-0.05, 0) is 61.9 Å². The van der Waals surface area contributed by atoms with Crippen LogP contribution in [0.4, 0.5) is 0 Å². The van der Waals surface area contributed by atoms with Gasteiger partial charge in [0.25, 0.3) is 0 Å². The Bertz CT molecular complexity index is 618. The Morgan fingerprint density at radius 1 is 1.13 bits per heavy atom. The van der Waals surface area contributed by atoms with Crippen molar-refractivity contribution < 1.29 is 14.4 Å². The number of Topliss-reactive ketones (excluding diaryl/α,β-unsaturated/α-hetero) is 1. The summed E-state index contributed by atoms with van der Waals surface area (Å²) in [4.78, 5) is 36.7. The first-order chi connectivity index (χ1) is 10.9. The maximum absolute atomic E-state index is 12.4. The Morgan fingerprint density at radius 2 is 1.91 bits per heavy atom. The lowest BCUT2D eigenvalue weighted by atomic mass is 9.45. The lowest BCUT2D eigenvalue weighted by Gasteiger charge is -2.57. The van der Waals surface area contributed by atoms with E-state index >= 15 is 0 Å². The molecule has 3 heteroatoms. The molecule has 3 fully saturated rings. The third-order valence-corrected chi connectivity index (χ3v) is 7.92. The number of hydrogen-bond acceptors (Lipinski definition) is 3. The average Bonchev–Trinajstić information content (AvgIpc) is 2.82. The smallest absolute Gasteiger partial charge is 0.155 e. The Hall–Kier alpha value is -1.25. The summed E-state index contributed by atoms with van der Waals surface area (Å²) in [6.45, 7) is 4.24. The van der Waals surface area contributed by atoms with Crippen LogP contribution in [-0.4, -0.2) is 17.9 Å². The number of aldehydes is 1. The monoisotopic (exact) mass is 314 g/mol. The topological polar surface area (TPSA) is 51.2 Å². The van der Waals surface area contributed by atoms with Crippen molar-refractivity contribution in [3.05, 3.63) is 11.6 Å². The molecule has 0 aliphatic heterocycles. The minimum atomic E-state index is -0.441. The van der Waals surface area contributed by atoms with Gasteiger partial charge in [-0.1, -0.05) is 19.4 Å². The van der Waals surface area contributed by atoms with Crippen molar-refractivity contribution in [2.24, 2.45) is 34.5 Å². The van der Waals surface area contributed by atoms with E-state index in [0.717, 1.165) is 44.1 Å². The summed E-state index contributed by atoms with van der Waals surface area (Å²) in [5, 5.41) is 0. The molecule has 0 unspecified atom stereocenters. The first-order valence-corrected chi connectivity index (χ1v) is 9.17. The van der Waals surface area contributed by atoms with E-state index in [-0.39, 0.29) is 17.1 Å². The zero-order valence-corrected chi connectivity index (χ0v) is 14.1. The van der Waals surface area contributed by atoms with E-state index in [1.54, 1.807) is 6.08 Å². The fourth-order valence-corrected chi connectivity index (χ4v) is 6.71. The molecule has 23 heavy (non-hydrogen) atoms. The molecule has 4 aliphatic rings. The molecule has 4 aliphatic carbocycles. The van der Waals surface area contributed by atoms with Crippen molar-refractivity contribution in [3.8, 4) is 0 Å². The van der Waals surface area contributed by atoms with Gasteiger partial charge in [0, 0.05) is 18.3 Å². The summed E-state index contributed by atoms with van der Waals surface area (Å²) >= 11 is 0. The fraction of sp³-hybridized carbons (Fsp3) is 0.750. The highest BCUT2D eigenvalue weighted by Crippen LogP contribution is 2.64. The van der Waals surface area contributed by atoms with Gasteiger partial charge in [-0.15, -0.1) is 0 Å². The van der Waals surface area contributed by atoms with E-state index in [4.69, 9.17) is 0 Å². The van der Waals surface area contributed by atoms with Crippen LogP contribution in [0.1, 0.15) is 58.8 Å². The molecule has 124 valence electrons. The number of ketones is 2. The fourth-order valence-electron chi connectivity index (χ4n) is 6.71. The third-order valence-electron chi connectivity index (χ3n) is 7.92. The zero-order valence-electron chi connectivity index (χ0n) is 14.1. The van der Waals surface area contributed by atoms with Gasteiger partial charge >= 0.3 is 0 Å². The summed E-state index contributed by atoms with van der Waals surface area (Å²) in [5.41, 5.74) is 0.495. The summed E-state index contributed by atoms with van der Waals surface area (Å²) < 4.78 is 0. The molecule has 3 saturated carbocycles. The molecule has 0 bridgehead atoms. The minimum absolute atomic E-state index is 0.0989. The lowest BCUT2D eigenvalue weighted by molar-refractivity contribution is -0.139. The first-order valence-electron chi connectivity index (χ1n) is 9.17. The van der Waals surface area contributed by atoms with Gasteiger partial charge in [-0.2, -0.15) is 0 Å². The molecule has 3 nitrogen and oxygen atoms in total. The molecule has 0 heterocycles.